The number of rotatable bonds is 5. The van der Waals surface area contributed by atoms with Crippen molar-refractivity contribution in [3.05, 3.63) is 30.5 Å². The quantitative estimate of drug-likeness (QED) is 0.791. The number of aromatic nitrogens is 2. The Hall–Kier alpha value is -1.42. The van der Waals surface area contributed by atoms with Crippen molar-refractivity contribution in [3.8, 4) is 0 Å². The maximum absolute atomic E-state index is 4.27. The lowest BCUT2D eigenvalue weighted by Crippen LogP contribution is -2.42. The normalized spacial score (nSPS) is 11.3. The lowest BCUT2D eigenvalue weighted by Gasteiger charge is -2.35. The smallest absolute Gasteiger partial charge is 0.151 e. The monoisotopic (exact) mass is 234 g/mol. The van der Waals surface area contributed by atoms with Crippen molar-refractivity contribution >= 4 is 5.82 Å². The highest BCUT2D eigenvalue weighted by atomic mass is 15.3. The van der Waals surface area contributed by atoms with E-state index in [2.05, 4.69) is 47.8 Å². The van der Waals surface area contributed by atoms with E-state index >= 15 is 0 Å². The zero-order valence-corrected chi connectivity index (χ0v) is 11.2. The molecular formula is C13H22N4. The van der Waals surface area contributed by atoms with Gasteiger partial charge in [-0.3, -0.25) is 0 Å². The Kier molecular flexibility index (Phi) is 4.63. The first kappa shape index (κ1) is 13.6. The van der Waals surface area contributed by atoms with Gasteiger partial charge in [-0.05, 0) is 40.0 Å². The van der Waals surface area contributed by atoms with E-state index in [1.807, 2.05) is 25.3 Å². The molecule has 0 unspecified atom stereocenters. The number of hydrogen-bond acceptors (Lipinski definition) is 4. The minimum atomic E-state index is 0.00733. The van der Waals surface area contributed by atoms with E-state index in [4.69, 9.17) is 0 Å². The van der Waals surface area contributed by atoms with E-state index in [9.17, 15) is 0 Å². The molecule has 0 radical (unpaired) electrons. The number of anilines is 1. The predicted molar refractivity (Wildman–Crippen MR) is 72.1 cm³/mol. The highest BCUT2D eigenvalue weighted by molar-refractivity contribution is 5.41. The van der Waals surface area contributed by atoms with Crippen LogP contribution in [0.4, 0.5) is 5.82 Å². The van der Waals surface area contributed by atoms with Gasteiger partial charge in [0.25, 0.3) is 0 Å². The molecule has 17 heavy (non-hydrogen) atoms. The van der Waals surface area contributed by atoms with E-state index in [-0.39, 0.29) is 5.54 Å². The average molecular weight is 234 g/mol. The Morgan fingerprint density at radius 1 is 1.35 bits per heavy atom. The van der Waals surface area contributed by atoms with Crippen molar-refractivity contribution in [1.29, 1.82) is 0 Å². The van der Waals surface area contributed by atoms with Crippen LogP contribution in [0.3, 0.4) is 0 Å². The van der Waals surface area contributed by atoms with E-state index in [0.717, 1.165) is 24.6 Å². The summed E-state index contributed by atoms with van der Waals surface area (Å²) in [6.07, 6.45) is 1.88. The molecule has 1 aromatic heterocycles. The summed E-state index contributed by atoms with van der Waals surface area (Å²) in [5.74, 6) is 0.886. The minimum Gasteiger partial charge on any atom is -0.347 e. The molecule has 94 valence electrons. The third kappa shape index (κ3) is 3.82. The van der Waals surface area contributed by atoms with Gasteiger partial charge in [-0.25, -0.2) is 0 Å². The van der Waals surface area contributed by atoms with Gasteiger partial charge in [0.1, 0.15) is 0 Å². The molecule has 1 heterocycles. The van der Waals surface area contributed by atoms with Crippen LogP contribution >= 0.6 is 0 Å². The summed E-state index contributed by atoms with van der Waals surface area (Å²) < 4.78 is 0. The fraction of sp³-hybridized carbons (Fsp3) is 0.538. The molecule has 0 aliphatic rings. The second kappa shape index (κ2) is 5.77. The number of nitrogens with one attached hydrogen (secondary N) is 1. The molecule has 0 aliphatic carbocycles. The van der Waals surface area contributed by atoms with Crippen molar-refractivity contribution in [2.45, 2.75) is 32.9 Å². The average Bonchev–Trinajstić information content (AvgIpc) is 2.26. The van der Waals surface area contributed by atoms with Crippen LogP contribution in [0.2, 0.25) is 0 Å². The number of nitrogens with zero attached hydrogens (tertiary/aromatic N) is 3. The fourth-order valence-electron chi connectivity index (χ4n) is 1.61. The summed E-state index contributed by atoms with van der Waals surface area (Å²) in [6, 6.07) is 4.01. The molecule has 0 amide bonds. The molecule has 0 bridgehead atoms. The first-order valence-electron chi connectivity index (χ1n) is 5.84. The summed E-state index contributed by atoms with van der Waals surface area (Å²) in [5.41, 5.74) is 0.955. The standard InChI is InChI=1S/C13H22N4/c1-6-9-17(13(2,3)4)12-8-7-11(10-14-5)15-16-12/h6-8,14H,1,9-10H2,2-5H3. The summed E-state index contributed by atoms with van der Waals surface area (Å²) in [5, 5.41) is 11.5. The Balaban J connectivity index is 2.91. The Labute approximate surface area is 104 Å². The molecule has 0 atom stereocenters. The molecule has 4 heteroatoms. The van der Waals surface area contributed by atoms with Gasteiger partial charge in [-0.1, -0.05) is 6.08 Å². The number of hydrogen-bond donors (Lipinski definition) is 1. The van der Waals surface area contributed by atoms with Gasteiger partial charge < -0.3 is 10.2 Å². The molecule has 0 saturated carbocycles. The Bertz CT molecular complexity index is 351. The van der Waals surface area contributed by atoms with Gasteiger partial charge in [0.05, 0.1) is 5.69 Å². The predicted octanol–water partition coefficient (Wildman–Crippen LogP) is 1.99. The van der Waals surface area contributed by atoms with Crippen molar-refractivity contribution in [2.75, 3.05) is 18.5 Å². The summed E-state index contributed by atoms with van der Waals surface area (Å²) in [4.78, 5) is 2.18. The lowest BCUT2D eigenvalue weighted by molar-refractivity contribution is 0.514. The summed E-state index contributed by atoms with van der Waals surface area (Å²) >= 11 is 0. The van der Waals surface area contributed by atoms with Crippen molar-refractivity contribution in [3.63, 3.8) is 0 Å². The largest absolute Gasteiger partial charge is 0.347 e. The van der Waals surface area contributed by atoms with E-state index in [1.54, 1.807) is 0 Å². The summed E-state index contributed by atoms with van der Waals surface area (Å²) in [6.45, 7) is 11.8. The van der Waals surface area contributed by atoms with Gasteiger partial charge >= 0.3 is 0 Å². The molecular weight excluding hydrogens is 212 g/mol. The van der Waals surface area contributed by atoms with Crippen molar-refractivity contribution in [2.24, 2.45) is 0 Å². The van der Waals surface area contributed by atoms with Crippen LogP contribution in [0.1, 0.15) is 26.5 Å². The second-order valence-electron chi connectivity index (χ2n) is 4.98. The van der Waals surface area contributed by atoms with Gasteiger partial charge in [-0.2, -0.15) is 5.10 Å². The van der Waals surface area contributed by atoms with E-state index < -0.39 is 0 Å². The molecule has 1 aromatic rings. The maximum Gasteiger partial charge on any atom is 0.151 e. The van der Waals surface area contributed by atoms with Crippen LogP contribution < -0.4 is 10.2 Å². The van der Waals surface area contributed by atoms with Crippen LogP contribution in [0.25, 0.3) is 0 Å². The van der Waals surface area contributed by atoms with Crippen LogP contribution in [0.5, 0.6) is 0 Å². The highest BCUT2D eigenvalue weighted by Crippen LogP contribution is 2.20. The van der Waals surface area contributed by atoms with Gasteiger partial charge in [0, 0.05) is 18.6 Å². The van der Waals surface area contributed by atoms with E-state index in [0.29, 0.717) is 0 Å². The first-order valence-corrected chi connectivity index (χ1v) is 5.84. The van der Waals surface area contributed by atoms with Gasteiger partial charge in [0.15, 0.2) is 5.82 Å². The van der Waals surface area contributed by atoms with Crippen molar-refractivity contribution in [1.82, 2.24) is 15.5 Å². The maximum atomic E-state index is 4.27. The van der Waals surface area contributed by atoms with Crippen LogP contribution in [-0.4, -0.2) is 29.3 Å². The SMILES string of the molecule is C=CCN(c1ccc(CNC)nn1)C(C)(C)C. The van der Waals surface area contributed by atoms with Gasteiger partial charge in [-0.15, -0.1) is 11.7 Å². The minimum absolute atomic E-state index is 0.00733. The molecule has 0 spiro atoms. The van der Waals surface area contributed by atoms with Crippen LogP contribution in [0, 0.1) is 0 Å². The summed E-state index contributed by atoms with van der Waals surface area (Å²) in [7, 11) is 1.90. The topological polar surface area (TPSA) is 41.0 Å². The zero-order chi connectivity index (χ0) is 12.9. The Morgan fingerprint density at radius 3 is 2.47 bits per heavy atom. The second-order valence-corrected chi connectivity index (χ2v) is 4.98. The molecule has 0 saturated heterocycles. The van der Waals surface area contributed by atoms with Crippen LogP contribution in [-0.2, 0) is 6.54 Å². The molecule has 0 fully saturated rings. The lowest BCUT2D eigenvalue weighted by atomic mass is 10.1. The highest BCUT2D eigenvalue weighted by Gasteiger charge is 2.21. The van der Waals surface area contributed by atoms with Crippen LogP contribution in [0.15, 0.2) is 24.8 Å². The Morgan fingerprint density at radius 2 is 2.06 bits per heavy atom. The first-order chi connectivity index (χ1) is 7.99. The molecule has 0 aromatic carbocycles. The fourth-order valence-corrected chi connectivity index (χ4v) is 1.61. The molecule has 4 nitrogen and oxygen atoms in total. The van der Waals surface area contributed by atoms with E-state index in [1.165, 1.54) is 0 Å². The third-order valence-corrected chi connectivity index (χ3v) is 2.46. The van der Waals surface area contributed by atoms with Crippen molar-refractivity contribution < 1.29 is 0 Å². The molecule has 1 N–H and O–H groups in total. The zero-order valence-electron chi connectivity index (χ0n) is 11.2. The molecule has 1 rings (SSSR count). The molecule has 0 aliphatic heterocycles. The third-order valence-electron chi connectivity index (χ3n) is 2.46. The van der Waals surface area contributed by atoms with Gasteiger partial charge in [0.2, 0.25) is 0 Å².